The monoisotopic (exact) mass is 559 g/mol. The molecule has 1 aliphatic rings. The van der Waals surface area contributed by atoms with Crippen molar-refractivity contribution in [1.29, 1.82) is 5.26 Å². The van der Waals surface area contributed by atoms with Gasteiger partial charge in [0.25, 0.3) is 5.91 Å². The Labute approximate surface area is 226 Å². The molecule has 0 spiro atoms. The molecule has 11 heteroatoms. The van der Waals surface area contributed by atoms with Crippen LogP contribution in [0.3, 0.4) is 0 Å². The Kier molecular flexibility index (Phi) is 7.41. The quantitative estimate of drug-likeness (QED) is 0.184. The van der Waals surface area contributed by atoms with Crippen LogP contribution in [0.1, 0.15) is 25.0 Å². The molecular weight excluding hydrogens is 538 g/mol. The molecule has 0 bridgehead atoms. The summed E-state index contributed by atoms with van der Waals surface area (Å²) in [5.74, 6) is -0.0172. The van der Waals surface area contributed by atoms with E-state index in [1.165, 1.54) is 34.9 Å². The van der Waals surface area contributed by atoms with Crippen molar-refractivity contribution < 1.29 is 27.1 Å². The number of hydrogen-bond acceptors (Lipinski definition) is 5. The number of nitrogens with zero attached hydrogens (tertiary/aromatic N) is 3. The molecule has 0 unspecified atom stereocenters. The Morgan fingerprint density at radius 1 is 1.05 bits per heavy atom. The van der Waals surface area contributed by atoms with Crippen molar-refractivity contribution in [1.82, 2.24) is 0 Å². The average Bonchev–Trinajstić information content (AvgIpc) is 3.05. The summed E-state index contributed by atoms with van der Waals surface area (Å²) >= 11 is 7.04. The number of benzene rings is 3. The molecule has 1 aliphatic heterocycles. The third kappa shape index (κ3) is 4.93. The number of hydrogen-bond donors (Lipinski definition) is 0. The Bertz CT molecular complexity index is 1450. The predicted molar refractivity (Wildman–Crippen MR) is 144 cm³/mol. The number of thioether (sulfide) groups is 1. The molecule has 0 N–H and O–H groups in total. The molecule has 5 nitrogen and oxygen atoms in total. The summed E-state index contributed by atoms with van der Waals surface area (Å²) in [6.07, 6.45) is -2.89. The first-order valence-electron chi connectivity index (χ1n) is 11.2. The SMILES string of the molecule is CSCOc1ccc(-c2ccc(N3C(=S)N(c4ccc(C#N)c(C(F)(F)F)c4)C(=O)C3(C)C)cc2F)cc1. The second-order valence-electron chi connectivity index (χ2n) is 8.90. The predicted octanol–water partition coefficient (Wildman–Crippen LogP) is 7.00. The molecule has 3 aromatic rings. The maximum absolute atomic E-state index is 15.3. The molecule has 1 saturated heterocycles. The summed E-state index contributed by atoms with van der Waals surface area (Å²) in [6.45, 7) is 3.10. The summed E-state index contributed by atoms with van der Waals surface area (Å²) in [5, 5.41) is 8.98. The van der Waals surface area contributed by atoms with Gasteiger partial charge in [-0.1, -0.05) is 12.1 Å². The van der Waals surface area contributed by atoms with Crippen molar-refractivity contribution in [2.24, 2.45) is 0 Å². The number of anilines is 2. The van der Waals surface area contributed by atoms with Crippen LogP contribution >= 0.6 is 24.0 Å². The van der Waals surface area contributed by atoms with E-state index in [-0.39, 0.29) is 16.5 Å². The molecule has 0 aromatic heterocycles. The molecule has 38 heavy (non-hydrogen) atoms. The summed E-state index contributed by atoms with van der Waals surface area (Å²) < 4.78 is 61.4. The number of carbonyl (C=O) groups is 1. The smallest absolute Gasteiger partial charge is 0.417 e. The Morgan fingerprint density at radius 2 is 1.71 bits per heavy atom. The summed E-state index contributed by atoms with van der Waals surface area (Å²) in [5.41, 5.74) is -2.01. The topological polar surface area (TPSA) is 56.6 Å². The lowest BCUT2D eigenvalue weighted by atomic mass is 10.0. The number of carbonyl (C=O) groups excluding carboxylic acids is 1. The lowest BCUT2D eigenvalue weighted by molar-refractivity contribution is -0.137. The molecule has 3 aromatic carbocycles. The van der Waals surface area contributed by atoms with E-state index in [9.17, 15) is 18.0 Å². The van der Waals surface area contributed by atoms with E-state index in [4.69, 9.17) is 22.2 Å². The second-order valence-corrected chi connectivity index (χ2v) is 10.1. The van der Waals surface area contributed by atoms with Crippen LogP contribution in [0, 0.1) is 17.1 Å². The highest BCUT2D eigenvalue weighted by atomic mass is 32.2. The lowest BCUT2D eigenvalue weighted by Gasteiger charge is -2.29. The van der Waals surface area contributed by atoms with Crippen LogP contribution in [0.15, 0.2) is 60.7 Å². The number of nitriles is 1. The Hall–Kier alpha value is -3.62. The fourth-order valence-electron chi connectivity index (χ4n) is 4.19. The molecule has 0 saturated carbocycles. The minimum absolute atomic E-state index is 0.111. The van der Waals surface area contributed by atoms with E-state index in [2.05, 4.69) is 0 Å². The van der Waals surface area contributed by atoms with Gasteiger partial charge in [-0.3, -0.25) is 9.69 Å². The highest BCUT2D eigenvalue weighted by Crippen LogP contribution is 2.40. The fraction of sp³-hybridized carbons (Fsp3) is 0.222. The van der Waals surface area contributed by atoms with Crippen molar-refractivity contribution in [3.63, 3.8) is 0 Å². The van der Waals surface area contributed by atoms with Gasteiger partial charge in [0.1, 0.15) is 23.0 Å². The Morgan fingerprint density at radius 3 is 2.29 bits per heavy atom. The van der Waals surface area contributed by atoms with Crippen molar-refractivity contribution >= 4 is 46.4 Å². The zero-order valence-electron chi connectivity index (χ0n) is 20.5. The summed E-state index contributed by atoms with van der Waals surface area (Å²) in [7, 11) is 0. The third-order valence-corrected chi connectivity index (χ3v) is 6.79. The molecule has 4 rings (SSSR count). The number of amides is 1. The Balaban J connectivity index is 1.69. The number of ether oxygens (including phenoxy) is 1. The fourth-order valence-corrected chi connectivity index (χ4v) is 4.97. The molecule has 0 atom stereocenters. The van der Waals surface area contributed by atoms with Gasteiger partial charge in [0, 0.05) is 11.3 Å². The van der Waals surface area contributed by atoms with Crippen LogP contribution in [0.4, 0.5) is 28.9 Å². The summed E-state index contributed by atoms with van der Waals surface area (Å²) in [6, 6.07) is 15.8. The first kappa shape index (κ1) is 27.4. The molecule has 0 aliphatic carbocycles. The third-order valence-electron chi connectivity index (χ3n) is 6.07. The summed E-state index contributed by atoms with van der Waals surface area (Å²) in [4.78, 5) is 15.7. The highest BCUT2D eigenvalue weighted by Gasteiger charge is 2.50. The zero-order chi connectivity index (χ0) is 27.8. The molecular formula is C27H21F4N3O2S2. The molecule has 196 valence electrons. The van der Waals surface area contributed by atoms with Gasteiger partial charge >= 0.3 is 6.18 Å². The van der Waals surface area contributed by atoms with Gasteiger partial charge in [0.15, 0.2) is 5.11 Å². The largest absolute Gasteiger partial charge is 0.483 e. The van der Waals surface area contributed by atoms with Gasteiger partial charge in [-0.25, -0.2) is 4.39 Å². The lowest BCUT2D eigenvalue weighted by Crippen LogP contribution is -2.44. The van der Waals surface area contributed by atoms with Crippen LogP contribution in [0.2, 0.25) is 0 Å². The van der Waals surface area contributed by atoms with Crippen LogP contribution in [0.25, 0.3) is 11.1 Å². The van der Waals surface area contributed by atoms with Crippen LogP contribution in [-0.4, -0.2) is 28.8 Å². The van der Waals surface area contributed by atoms with Gasteiger partial charge in [-0.15, -0.1) is 11.8 Å². The zero-order valence-corrected chi connectivity index (χ0v) is 22.1. The van der Waals surface area contributed by atoms with E-state index in [1.807, 2.05) is 6.26 Å². The highest BCUT2D eigenvalue weighted by molar-refractivity contribution is 7.98. The van der Waals surface area contributed by atoms with Crippen molar-refractivity contribution in [3.8, 4) is 22.9 Å². The number of alkyl halides is 3. The maximum atomic E-state index is 15.3. The van der Waals surface area contributed by atoms with Gasteiger partial charge in [0.2, 0.25) is 0 Å². The minimum atomic E-state index is -4.81. The normalized spacial score (nSPS) is 15.1. The van der Waals surface area contributed by atoms with Crippen LogP contribution in [0.5, 0.6) is 5.75 Å². The van der Waals surface area contributed by atoms with E-state index in [0.717, 1.165) is 17.0 Å². The van der Waals surface area contributed by atoms with E-state index in [0.29, 0.717) is 22.8 Å². The van der Waals surface area contributed by atoms with E-state index < -0.39 is 34.6 Å². The van der Waals surface area contributed by atoms with Gasteiger partial charge in [0.05, 0.1) is 22.9 Å². The first-order chi connectivity index (χ1) is 17.9. The van der Waals surface area contributed by atoms with Crippen molar-refractivity contribution in [2.45, 2.75) is 25.6 Å². The van der Waals surface area contributed by atoms with Gasteiger partial charge < -0.3 is 9.64 Å². The average molecular weight is 560 g/mol. The van der Waals surface area contributed by atoms with Crippen molar-refractivity contribution in [3.05, 3.63) is 77.6 Å². The molecule has 1 fully saturated rings. The second kappa shape index (κ2) is 10.3. The number of rotatable bonds is 6. The number of halogens is 4. The molecule has 1 amide bonds. The first-order valence-corrected chi connectivity index (χ1v) is 13.0. The maximum Gasteiger partial charge on any atom is 0.417 e. The van der Waals surface area contributed by atoms with Gasteiger partial charge in [-0.05, 0) is 86.4 Å². The van der Waals surface area contributed by atoms with Crippen LogP contribution < -0.4 is 14.5 Å². The molecule has 0 radical (unpaired) electrons. The standard InChI is InChI=1S/C27H21F4N3O2S2/c1-26(2)24(35)33(18-7-4-17(14-32)22(12-18)27(29,30)31)25(37)34(26)19-8-11-21(23(28)13-19)16-5-9-20(10-6-16)36-15-38-3/h4-13H,15H2,1-3H3. The van der Waals surface area contributed by atoms with Crippen LogP contribution in [-0.2, 0) is 11.0 Å². The molecule has 1 heterocycles. The minimum Gasteiger partial charge on any atom is -0.483 e. The van der Waals surface area contributed by atoms with E-state index in [1.54, 1.807) is 50.2 Å². The van der Waals surface area contributed by atoms with Crippen molar-refractivity contribution in [2.75, 3.05) is 22.0 Å². The van der Waals surface area contributed by atoms with E-state index >= 15 is 4.39 Å². The van der Waals surface area contributed by atoms with Gasteiger partial charge in [-0.2, -0.15) is 18.4 Å². The number of thiocarbonyl (C=S) groups is 1.